The van der Waals surface area contributed by atoms with Gasteiger partial charge in [0.2, 0.25) is 0 Å². The van der Waals surface area contributed by atoms with Gasteiger partial charge in [-0.1, -0.05) is 19.9 Å². The smallest absolute Gasteiger partial charge is 0.305 e. The lowest BCUT2D eigenvalue weighted by molar-refractivity contribution is -0.137. The molecule has 0 spiro atoms. The number of hydrogen-bond donors (Lipinski definition) is 2. The molecule has 0 radical (unpaired) electrons. The second-order valence-electron chi connectivity index (χ2n) is 4.40. The molecule has 0 bridgehead atoms. The molecule has 0 amide bonds. The highest BCUT2D eigenvalue weighted by Gasteiger charge is 2.13. The van der Waals surface area contributed by atoms with Gasteiger partial charge in [-0.15, -0.1) is 0 Å². The maximum absolute atomic E-state index is 10.6. The second-order valence-corrected chi connectivity index (χ2v) is 4.40. The first kappa shape index (κ1) is 13.5. The summed E-state index contributed by atoms with van der Waals surface area (Å²) in [6, 6.07) is 5.18. The zero-order chi connectivity index (χ0) is 13.0. The summed E-state index contributed by atoms with van der Waals surface area (Å²) >= 11 is 0. The average molecular weight is 237 g/mol. The van der Waals surface area contributed by atoms with Crippen LogP contribution in [0.2, 0.25) is 0 Å². The molecular formula is C13H19NO3. The molecule has 4 heteroatoms. The fraction of sp³-hybridized carbons (Fsp3) is 0.462. The molecule has 0 saturated heterocycles. The van der Waals surface area contributed by atoms with Gasteiger partial charge in [0.1, 0.15) is 5.75 Å². The third-order valence-electron chi connectivity index (χ3n) is 2.68. The van der Waals surface area contributed by atoms with Crippen LogP contribution in [0, 0.1) is 0 Å². The number of methoxy groups -OCH3 is 1. The summed E-state index contributed by atoms with van der Waals surface area (Å²) in [5.41, 5.74) is 7.75. The van der Waals surface area contributed by atoms with Crippen LogP contribution in [0.1, 0.15) is 43.4 Å². The molecule has 1 aromatic rings. The van der Waals surface area contributed by atoms with Crippen LogP contribution in [0.3, 0.4) is 0 Å². The van der Waals surface area contributed by atoms with Crippen molar-refractivity contribution < 1.29 is 14.6 Å². The van der Waals surface area contributed by atoms with Gasteiger partial charge >= 0.3 is 5.97 Å². The number of nitrogens with two attached hydrogens (primary N) is 1. The van der Waals surface area contributed by atoms with Crippen molar-refractivity contribution in [3.63, 3.8) is 0 Å². The zero-order valence-electron chi connectivity index (χ0n) is 10.4. The molecule has 0 fully saturated rings. The van der Waals surface area contributed by atoms with E-state index >= 15 is 0 Å². The number of aliphatic carboxylic acids is 1. The Kier molecular flexibility index (Phi) is 4.52. The first-order valence-electron chi connectivity index (χ1n) is 5.60. The minimum Gasteiger partial charge on any atom is -0.497 e. The summed E-state index contributed by atoms with van der Waals surface area (Å²) in [5, 5.41) is 8.74. The molecule has 1 rings (SSSR count). The van der Waals surface area contributed by atoms with Crippen LogP contribution < -0.4 is 10.5 Å². The summed E-state index contributed by atoms with van der Waals surface area (Å²) in [6.07, 6.45) is -0.0787. The Balaban J connectivity index is 3.05. The van der Waals surface area contributed by atoms with Crippen LogP contribution >= 0.6 is 0 Å². The van der Waals surface area contributed by atoms with Gasteiger partial charge in [-0.2, -0.15) is 0 Å². The van der Waals surface area contributed by atoms with E-state index in [-0.39, 0.29) is 6.42 Å². The Bertz CT molecular complexity index is 402. The number of ether oxygens (including phenoxy) is 1. The lowest BCUT2D eigenvalue weighted by atomic mass is 9.96. The third kappa shape index (κ3) is 3.75. The lowest BCUT2D eigenvalue weighted by Crippen LogP contribution is -2.15. The van der Waals surface area contributed by atoms with E-state index in [9.17, 15) is 4.79 Å². The summed E-state index contributed by atoms with van der Waals surface area (Å²) < 4.78 is 5.20. The van der Waals surface area contributed by atoms with Gasteiger partial charge in [-0.25, -0.2) is 0 Å². The van der Waals surface area contributed by atoms with Crippen LogP contribution in [0.5, 0.6) is 5.75 Å². The van der Waals surface area contributed by atoms with Gasteiger partial charge in [-0.05, 0) is 29.2 Å². The van der Waals surface area contributed by atoms with E-state index in [2.05, 4.69) is 13.8 Å². The molecule has 0 aliphatic heterocycles. The molecule has 0 saturated carbocycles. The molecular weight excluding hydrogens is 218 g/mol. The van der Waals surface area contributed by atoms with Gasteiger partial charge in [0.05, 0.1) is 13.5 Å². The Morgan fingerprint density at radius 3 is 2.41 bits per heavy atom. The summed E-state index contributed by atoms with van der Waals surface area (Å²) in [4.78, 5) is 10.6. The van der Waals surface area contributed by atoms with Crippen molar-refractivity contribution in [3.8, 4) is 5.75 Å². The summed E-state index contributed by atoms with van der Waals surface area (Å²) in [5.74, 6) is 0.166. The molecule has 3 N–H and O–H groups in total. The van der Waals surface area contributed by atoms with E-state index in [0.29, 0.717) is 11.7 Å². The van der Waals surface area contributed by atoms with Crippen LogP contribution in [0.25, 0.3) is 0 Å². The highest BCUT2D eigenvalue weighted by molar-refractivity contribution is 5.68. The molecule has 1 unspecified atom stereocenters. The van der Waals surface area contributed by atoms with E-state index in [1.165, 1.54) is 0 Å². The Morgan fingerprint density at radius 2 is 1.94 bits per heavy atom. The Hall–Kier alpha value is -1.55. The first-order chi connectivity index (χ1) is 7.93. The van der Waals surface area contributed by atoms with Crippen LogP contribution in [-0.2, 0) is 4.79 Å². The number of carboxylic acids is 1. The average Bonchev–Trinajstić information content (AvgIpc) is 2.27. The number of benzene rings is 1. The first-order valence-corrected chi connectivity index (χ1v) is 5.60. The quantitative estimate of drug-likeness (QED) is 0.824. The van der Waals surface area contributed by atoms with Crippen LogP contribution in [-0.4, -0.2) is 18.2 Å². The normalized spacial score (nSPS) is 12.5. The SMILES string of the molecule is COc1cc(C(C)C)cc(C(N)CC(=O)O)c1. The van der Waals surface area contributed by atoms with E-state index in [4.69, 9.17) is 15.6 Å². The van der Waals surface area contributed by atoms with Crippen LogP contribution in [0.4, 0.5) is 0 Å². The number of carboxylic acid groups (broad SMARTS) is 1. The standard InChI is InChI=1S/C13H19NO3/c1-8(2)9-4-10(6-11(5-9)17-3)12(14)7-13(15)16/h4-6,8,12H,7,14H2,1-3H3,(H,15,16). The fourth-order valence-electron chi connectivity index (χ4n) is 1.62. The molecule has 1 atom stereocenters. The molecule has 0 aromatic heterocycles. The van der Waals surface area contributed by atoms with Gasteiger partial charge < -0.3 is 15.6 Å². The monoisotopic (exact) mass is 237 g/mol. The Labute approximate surface area is 101 Å². The van der Waals surface area contributed by atoms with Crippen molar-refractivity contribution in [2.24, 2.45) is 5.73 Å². The topological polar surface area (TPSA) is 72.5 Å². The third-order valence-corrected chi connectivity index (χ3v) is 2.68. The van der Waals surface area contributed by atoms with Gasteiger partial charge in [0.15, 0.2) is 0 Å². The van der Waals surface area contributed by atoms with E-state index in [0.717, 1.165) is 11.1 Å². The molecule has 0 heterocycles. The maximum atomic E-state index is 10.6. The highest BCUT2D eigenvalue weighted by Crippen LogP contribution is 2.26. The molecule has 4 nitrogen and oxygen atoms in total. The zero-order valence-corrected chi connectivity index (χ0v) is 10.4. The van der Waals surface area contributed by atoms with E-state index in [1.54, 1.807) is 13.2 Å². The van der Waals surface area contributed by atoms with E-state index in [1.807, 2.05) is 12.1 Å². The largest absolute Gasteiger partial charge is 0.497 e. The molecule has 1 aromatic carbocycles. The maximum Gasteiger partial charge on any atom is 0.305 e. The van der Waals surface area contributed by atoms with Crippen molar-refractivity contribution in [2.45, 2.75) is 32.2 Å². The van der Waals surface area contributed by atoms with Crippen molar-refractivity contribution in [2.75, 3.05) is 7.11 Å². The minimum atomic E-state index is -0.897. The summed E-state index contributed by atoms with van der Waals surface area (Å²) in [6.45, 7) is 4.14. The van der Waals surface area contributed by atoms with Crippen molar-refractivity contribution >= 4 is 5.97 Å². The van der Waals surface area contributed by atoms with Gasteiger partial charge in [0.25, 0.3) is 0 Å². The van der Waals surface area contributed by atoms with Crippen molar-refractivity contribution in [3.05, 3.63) is 29.3 Å². The van der Waals surface area contributed by atoms with Gasteiger partial charge in [0, 0.05) is 6.04 Å². The fourth-order valence-corrected chi connectivity index (χ4v) is 1.62. The number of hydrogen-bond acceptors (Lipinski definition) is 3. The molecule has 0 aliphatic rings. The minimum absolute atomic E-state index is 0.0787. The highest BCUT2D eigenvalue weighted by atomic mass is 16.5. The molecule has 0 aliphatic carbocycles. The van der Waals surface area contributed by atoms with Crippen molar-refractivity contribution in [1.29, 1.82) is 0 Å². The van der Waals surface area contributed by atoms with E-state index < -0.39 is 12.0 Å². The predicted molar refractivity (Wildman–Crippen MR) is 66.3 cm³/mol. The summed E-state index contributed by atoms with van der Waals surface area (Å²) in [7, 11) is 1.59. The van der Waals surface area contributed by atoms with Crippen molar-refractivity contribution in [1.82, 2.24) is 0 Å². The number of carbonyl (C=O) groups is 1. The molecule has 17 heavy (non-hydrogen) atoms. The van der Waals surface area contributed by atoms with Gasteiger partial charge in [-0.3, -0.25) is 4.79 Å². The number of rotatable bonds is 5. The second kappa shape index (κ2) is 5.68. The molecule has 94 valence electrons. The predicted octanol–water partition coefficient (Wildman–Crippen LogP) is 2.29. The van der Waals surface area contributed by atoms with Crippen LogP contribution in [0.15, 0.2) is 18.2 Å². The Morgan fingerprint density at radius 1 is 1.35 bits per heavy atom. The lowest BCUT2D eigenvalue weighted by Gasteiger charge is -2.15.